The first kappa shape index (κ1) is 17.2. The Balaban J connectivity index is 2.41. The fourth-order valence-electron chi connectivity index (χ4n) is 1.77. The largest absolute Gasteiger partial charge is 0.481 e. The second kappa shape index (κ2) is 9.13. The van der Waals surface area contributed by atoms with Gasteiger partial charge >= 0.3 is 0 Å². The zero-order valence-electron chi connectivity index (χ0n) is 12.9. The van der Waals surface area contributed by atoms with E-state index >= 15 is 0 Å². The number of hydrogen-bond donors (Lipinski definition) is 2. The molecule has 116 valence electrons. The molecule has 0 aliphatic carbocycles. The lowest BCUT2D eigenvalue weighted by atomic mass is 10.1. The molecule has 0 saturated carbocycles. The summed E-state index contributed by atoms with van der Waals surface area (Å²) in [5.74, 6) is 0.329. The maximum atomic E-state index is 11.9. The minimum atomic E-state index is -0.599. The Morgan fingerprint density at radius 1 is 1.24 bits per heavy atom. The van der Waals surface area contributed by atoms with Crippen molar-refractivity contribution < 1.29 is 14.3 Å². The lowest BCUT2D eigenvalue weighted by molar-refractivity contribution is -0.127. The van der Waals surface area contributed by atoms with Crippen molar-refractivity contribution in [2.75, 3.05) is 19.6 Å². The third-order valence-corrected chi connectivity index (χ3v) is 2.95. The number of carbonyl (C=O) groups is 2. The van der Waals surface area contributed by atoms with Crippen molar-refractivity contribution in [3.05, 3.63) is 29.8 Å². The molecular weight excluding hydrogens is 268 g/mol. The lowest BCUT2D eigenvalue weighted by Gasteiger charge is -2.15. The third-order valence-electron chi connectivity index (χ3n) is 2.95. The van der Waals surface area contributed by atoms with Crippen LogP contribution in [0.25, 0.3) is 0 Å². The summed E-state index contributed by atoms with van der Waals surface area (Å²) in [4.78, 5) is 23.2. The number of ether oxygens (including phenoxy) is 1. The van der Waals surface area contributed by atoms with Crippen molar-refractivity contribution in [3.63, 3.8) is 0 Å². The zero-order chi connectivity index (χ0) is 15.7. The molecule has 1 aromatic carbocycles. The fraction of sp³-hybridized carbons (Fsp3) is 0.500. The van der Waals surface area contributed by atoms with Gasteiger partial charge in [-0.25, -0.2) is 0 Å². The Bertz CT molecular complexity index is 474. The predicted octanol–water partition coefficient (Wildman–Crippen LogP) is 1.77. The molecule has 1 rings (SSSR count). The van der Waals surface area contributed by atoms with E-state index in [9.17, 15) is 9.59 Å². The van der Waals surface area contributed by atoms with Crippen LogP contribution < -0.4 is 15.4 Å². The Labute approximate surface area is 126 Å². The van der Waals surface area contributed by atoms with Crippen LogP contribution in [0.2, 0.25) is 0 Å². The van der Waals surface area contributed by atoms with Gasteiger partial charge in [0.25, 0.3) is 5.91 Å². The number of benzene rings is 1. The molecule has 1 unspecified atom stereocenters. The molecule has 0 aliphatic rings. The van der Waals surface area contributed by atoms with Crippen molar-refractivity contribution in [2.24, 2.45) is 0 Å². The van der Waals surface area contributed by atoms with E-state index in [1.54, 1.807) is 31.2 Å². The average molecular weight is 292 g/mol. The number of rotatable bonds is 9. The maximum absolute atomic E-state index is 11.9. The number of ketones is 1. The first-order valence-electron chi connectivity index (χ1n) is 7.30. The van der Waals surface area contributed by atoms with E-state index in [0.29, 0.717) is 17.9 Å². The van der Waals surface area contributed by atoms with Crippen LogP contribution in [-0.4, -0.2) is 37.4 Å². The first-order chi connectivity index (χ1) is 10.0. The van der Waals surface area contributed by atoms with E-state index in [1.807, 2.05) is 0 Å². The molecule has 1 amide bonds. The predicted molar refractivity (Wildman–Crippen MR) is 82.7 cm³/mol. The number of amides is 1. The van der Waals surface area contributed by atoms with E-state index in [2.05, 4.69) is 17.6 Å². The standard InChI is InChI=1S/C16H24N2O3/c1-4-8-17-9-10-18-16(20)13(3)21-15-7-5-6-14(11-15)12(2)19/h5-7,11,13,17H,4,8-10H2,1-3H3,(H,18,20). The summed E-state index contributed by atoms with van der Waals surface area (Å²) in [6, 6.07) is 6.85. The summed E-state index contributed by atoms with van der Waals surface area (Å²) in [5.41, 5.74) is 0.573. The molecule has 2 N–H and O–H groups in total. The van der Waals surface area contributed by atoms with Gasteiger partial charge in [-0.3, -0.25) is 9.59 Å². The normalized spacial score (nSPS) is 11.8. The van der Waals surface area contributed by atoms with Crippen molar-refractivity contribution in [1.82, 2.24) is 10.6 Å². The molecule has 0 saturated heterocycles. The molecule has 1 aromatic rings. The number of carbonyl (C=O) groups excluding carboxylic acids is 2. The second-order valence-corrected chi connectivity index (χ2v) is 4.89. The van der Waals surface area contributed by atoms with Crippen LogP contribution in [0.4, 0.5) is 0 Å². The van der Waals surface area contributed by atoms with Crippen LogP contribution >= 0.6 is 0 Å². The summed E-state index contributed by atoms with van der Waals surface area (Å²) >= 11 is 0. The molecular formula is C16H24N2O3. The van der Waals surface area contributed by atoms with E-state index in [4.69, 9.17) is 4.74 Å². The van der Waals surface area contributed by atoms with Gasteiger partial charge in [0.1, 0.15) is 5.75 Å². The zero-order valence-corrected chi connectivity index (χ0v) is 12.9. The first-order valence-corrected chi connectivity index (χ1v) is 7.30. The fourth-order valence-corrected chi connectivity index (χ4v) is 1.77. The Kier molecular flexibility index (Phi) is 7.46. The van der Waals surface area contributed by atoms with Crippen LogP contribution in [0.1, 0.15) is 37.6 Å². The molecule has 0 fully saturated rings. The van der Waals surface area contributed by atoms with E-state index in [0.717, 1.165) is 19.5 Å². The molecule has 0 spiro atoms. The van der Waals surface area contributed by atoms with Crippen molar-refractivity contribution in [2.45, 2.75) is 33.3 Å². The van der Waals surface area contributed by atoms with Crippen LogP contribution in [-0.2, 0) is 4.79 Å². The van der Waals surface area contributed by atoms with Crippen molar-refractivity contribution in [1.29, 1.82) is 0 Å². The van der Waals surface area contributed by atoms with E-state index < -0.39 is 6.10 Å². The summed E-state index contributed by atoms with van der Waals surface area (Å²) in [6.45, 7) is 7.54. The van der Waals surface area contributed by atoms with Crippen molar-refractivity contribution in [3.8, 4) is 5.75 Å². The topological polar surface area (TPSA) is 67.4 Å². The minimum Gasteiger partial charge on any atom is -0.481 e. The van der Waals surface area contributed by atoms with Crippen LogP contribution in [0.5, 0.6) is 5.75 Å². The van der Waals surface area contributed by atoms with Gasteiger partial charge in [0.15, 0.2) is 11.9 Å². The highest BCUT2D eigenvalue weighted by atomic mass is 16.5. The van der Waals surface area contributed by atoms with E-state index in [1.165, 1.54) is 6.92 Å². The lowest BCUT2D eigenvalue weighted by Crippen LogP contribution is -2.39. The molecule has 5 heteroatoms. The maximum Gasteiger partial charge on any atom is 0.260 e. The van der Waals surface area contributed by atoms with Gasteiger partial charge in [-0.2, -0.15) is 0 Å². The van der Waals surface area contributed by atoms with Gasteiger partial charge < -0.3 is 15.4 Å². The summed E-state index contributed by atoms with van der Waals surface area (Å²) in [7, 11) is 0. The highest BCUT2D eigenvalue weighted by Gasteiger charge is 2.14. The monoisotopic (exact) mass is 292 g/mol. The van der Waals surface area contributed by atoms with Crippen LogP contribution in [0.15, 0.2) is 24.3 Å². The van der Waals surface area contributed by atoms with Gasteiger partial charge in [-0.15, -0.1) is 0 Å². The highest BCUT2D eigenvalue weighted by Crippen LogP contribution is 2.15. The molecule has 1 atom stereocenters. The highest BCUT2D eigenvalue weighted by molar-refractivity contribution is 5.94. The smallest absolute Gasteiger partial charge is 0.260 e. The summed E-state index contributed by atoms with van der Waals surface area (Å²) < 4.78 is 5.56. The van der Waals surface area contributed by atoms with Gasteiger partial charge in [-0.1, -0.05) is 19.1 Å². The second-order valence-electron chi connectivity index (χ2n) is 4.89. The molecule has 21 heavy (non-hydrogen) atoms. The number of Topliss-reactive ketones (excluding diaryl/α,β-unsaturated/α-hetero) is 1. The van der Waals surface area contributed by atoms with Crippen LogP contribution in [0, 0.1) is 0 Å². The Hall–Kier alpha value is -1.88. The van der Waals surface area contributed by atoms with E-state index in [-0.39, 0.29) is 11.7 Å². The van der Waals surface area contributed by atoms with Gasteiger partial charge in [0.2, 0.25) is 0 Å². The minimum absolute atomic E-state index is 0.0282. The molecule has 0 aromatic heterocycles. The Morgan fingerprint density at radius 2 is 2.00 bits per heavy atom. The quantitative estimate of drug-likeness (QED) is 0.538. The summed E-state index contributed by atoms with van der Waals surface area (Å²) in [5, 5.41) is 6.01. The average Bonchev–Trinajstić information content (AvgIpc) is 2.47. The Morgan fingerprint density at radius 3 is 2.67 bits per heavy atom. The number of hydrogen-bond acceptors (Lipinski definition) is 4. The van der Waals surface area contributed by atoms with Crippen LogP contribution in [0.3, 0.4) is 0 Å². The third kappa shape index (κ3) is 6.40. The van der Waals surface area contributed by atoms with Crippen molar-refractivity contribution >= 4 is 11.7 Å². The van der Waals surface area contributed by atoms with Gasteiger partial charge in [0, 0.05) is 18.7 Å². The molecule has 0 aliphatic heterocycles. The summed E-state index contributed by atoms with van der Waals surface area (Å²) in [6.07, 6.45) is 0.471. The SMILES string of the molecule is CCCNCCNC(=O)C(C)Oc1cccc(C(C)=O)c1. The van der Waals surface area contributed by atoms with Gasteiger partial charge in [0.05, 0.1) is 0 Å². The molecule has 5 nitrogen and oxygen atoms in total. The molecule has 0 radical (unpaired) electrons. The molecule has 0 bridgehead atoms. The van der Waals surface area contributed by atoms with Gasteiger partial charge in [-0.05, 0) is 38.9 Å². The molecule has 0 heterocycles. The number of nitrogens with one attached hydrogen (secondary N) is 2.